The van der Waals surface area contributed by atoms with Crippen LogP contribution in [0.3, 0.4) is 0 Å². The number of rotatable bonds is 4. The van der Waals surface area contributed by atoms with Crippen LogP contribution in [0.15, 0.2) is 23.2 Å². The van der Waals surface area contributed by atoms with Gasteiger partial charge in [0, 0.05) is 6.07 Å². The van der Waals surface area contributed by atoms with Crippen molar-refractivity contribution in [1.29, 1.82) is 0 Å². The predicted molar refractivity (Wildman–Crippen MR) is 58.7 cm³/mol. The van der Waals surface area contributed by atoms with E-state index in [-0.39, 0.29) is 12.8 Å². The van der Waals surface area contributed by atoms with Crippen LogP contribution in [-0.4, -0.2) is 25.9 Å². The molecule has 0 aliphatic carbocycles. The molecular weight excluding hydrogens is 210 g/mol. The van der Waals surface area contributed by atoms with E-state index in [1.807, 2.05) is 6.07 Å². The lowest BCUT2D eigenvalue weighted by atomic mass is 10.3. The molecule has 0 saturated heterocycles. The van der Waals surface area contributed by atoms with Gasteiger partial charge < -0.3 is 25.7 Å². The minimum absolute atomic E-state index is 0.0642. The van der Waals surface area contributed by atoms with Crippen LogP contribution in [0.4, 0.5) is 0 Å². The summed E-state index contributed by atoms with van der Waals surface area (Å²) in [6.07, 6.45) is 0. The lowest BCUT2D eigenvalue weighted by Crippen LogP contribution is -2.23. The van der Waals surface area contributed by atoms with Crippen LogP contribution >= 0.6 is 0 Å². The summed E-state index contributed by atoms with van der Waals surface area (Å²) >= 11 is 0. The summed E-state index contributed by atoms with van der Waals surface area (Å²) in [4.78, 5) is 3.80. The zero-order valence-corrected chi connectivity index (χ0v) is 8.68. The zero-order chi connectivity index (χ0) is 11.4. The lowest BCUT2D eigenvalue weighted by Gasteiger charge is -2.05. The van der Waals surface area contributed by atoms with Crippen molar-refractivity contribution in [2.45, 2.75) is 0 Å². The van der Waals surface area contributed by atoms with Gasteiger partial charge in [-0.05, 0) is 12.1 Å². The second-order valence-electron chi connectivity index (χ2n) is 3.17. The van der Waals surface area contributed by atoms with E-state index >= 15 is 0 Å². The van der Waals surface area contributed by atoms with E-state index in [9.17, 15) is 0 Å². The van der Waals surface area contributed by atoms with Crippen molar-refractivity contribution in [2.75, 3.05) is 19.9 Å². The minimum Gasteiger partial charge on any atom is -0.492 e. The molecule has 0 atom stereocenters. The molecule has 0 aromatic heterocycles. The third kappa shape index (κ3) is 2.47. The third-order valence-corrected chi connectivity index (χ3v) is 2.00. The molecule has 16 heavy (non-hydrogen) atoms. The fraction of sp³-hybridized carbons (Fsp3) is 0.300. The summed E-state index contributed by atoms with van der Waals surface area (Å²) in [5, 5.41) is 0. The van der Waals surface area contributed by atoms with E-state index < -0.39 is 0 Å². The Hall–Kier alpha value is -2.11. The van der Waals surface area contributed by atoms with Crippen LogP contribution in [0.5, 0.6) is 17.2 Å². The maximum atomic E-state index is 5.43. The Morgan fingerprint density at radius 1 is 1.31 bits per heavy atom. The molecule has 1 aliphatic rings. The van der Waals surface area contributed by atoms with Gasteiger partial charge in [0.25, 0.3) is 0 Å². The van der Waals surface area contributed by atoms with Gasteiger partial charge in [0.2, 0.25) is 6.79 Å². The Balaban J connectivity index is 1.88. The minimum atomic E-state index is 0.0642. The number of aliphatic imine (C=N–C) groups is 1. The molecule has 0 spiro atoms. The smallest absolute Gasteiger partial charge is 0.231 e. The number of guanidine groups is 1. The summed E-state index contributed by atoms with van der Waals surface area (Å²) < 4.78 is 15.8. The molecule has 4 N–H and O–H groups in total. The molecule has 1 aromatic carbocycles. The number of fused-ring (bicyclic) bond motifs is 1. The third-order valence-electron chi connectivity index (χ3n) is 2.00. The van der Waals surface area contributed by atoms with Gasteiger partial charge >= 0.3 is 0 Å². The molecule has 0 bridgehead atoms. The van der Waals surface area contributed by atoms with Crippen molar-refractivity contribution < 1.29 is 14.2 Å². The summed E-state index contributed by atoms with van der Waals surface area (Å²) in [6, 6.07) is 5.39. The molecule has 86 valence electrons. The van der Waals surface area contributed by atoms with E-state index in [2.05, 4.69) is 4.99 Å². The molecule has 0 fully saturated rings. The SMILES string of the molecule is NC(N)=NCCOc1ccc2c(c1)OCO2. The van der Waals surface area contributed by atoms with Crippen molar-refractivity contribution in [2.24, 2.45) is 16.5 Å². The molecule has 2 rings (SSSR count). The number of hydrogen-bond donors (Lipinski definition) is 2. The fourth-order valence-corrected chi connectivity index (χ4v) is 1.30. The normalized spacial score (nSPS) is 12.2. The van der Waals surface area contributed by atoms with Crippen LogP contribution in [-0.2, 0) is 0 Å². The van der Waals surface area contributed by atoms with Crippen molar-refractivity contribution in [1.82, 2.24) is 0 Å². The lowest BCUT2D eigenvalue weighted by molar-refractivity contribution is 0.174. The maximum Gasteiger partial charge on any atom is 0.231 e. The number of nitrogens with two attached hydrogens (primary N) is 2. The number of ether oxygens (including phenoxy) is 3. The first-order valence-electron chi connectivity index (χ1n) is 4.83. The second kappa shape index (κ2) is 4.61. The summed E-state index contributed by atoms with van der Waals surface area (Å²) in [6.45, 7) is 1.10. The molecule has 1 aliphatic heterocycles. The van der Waals surface area contributed by atoms with Gasteiger partial charge in [-0.2, -0.15) is 0 Å². The molecule has 6 heteroatoms. The second-order valence-corrected chi connectivity index (χ2v) is 3.17. The van der Waals surface area contributed by atoms with Gasteiger partial charge in [-0.1, -0.05) is 0 Å². The Bertz CT molecular complexity index is 402. The first-order chi connectivity index (χ1) is 7.75. The first kappa shape index (κ1) is 10.4. The Morgan fingerprint density at radius 3 is 2.94 bits per heavy atom. The van der Waals surface area contributed by atoms with Gasteiger partial charge in [0.15, 0.2) is 17.5 Å². The van der Waals surface area contributed by atoms with Gasteiger partial charge in [0.05, 0.1) is 6.54 Å². The topological polar surface area (TPSA) is 92.1 Å². The average Bonchev–Trinajstić information content (AvgIpc) is 2.71. The van der Waals surface area contributed by atoms with Gasteiger partial charge in [-0.25, -0.2) is 0 Å². The average molecular weight is 223 g/mol. The van der Waals surface area contributed by atoms with Gasteiger partial charge in [0.1, 0.15) is 12.4 Å². The molecule has 0 unspecified atom stereocenters. The number of nitrogens with zero attached hydrogens (tertiary/aromatic N) is 1. The monoisotopic (exact) mass is 223 g/mol. The van der Waals surface area contributed by atoms with Crippen LogP contribution in [0.25, 0.3) is 0 Å². The number of hydrogen-bond acceptors (Lipinski definition) is 4. The van der Waals surface area contributed by atoms with Gasteiger partial charge in [-0.3, -0.25) is 4.99 Å². The maximum absolute atomic E-state index is 5.43. The predicted octanol–water partition coefficient (Wildman–Crippen LogP) is 0.0675. The molecule has 1 heterocycles. The highest BCUT2D eigenvalue weighted by Gasteiger charge is 2.13. The van der Waals surface area contributed by atoms with Crippen molar-refractivity contribution in [3.63, 3.8) is 0 Å². The van der Waals surface area contributed by atoms with Crippen LogP contribution < -0.4 is 25.7 Å². The van der Waals surface area contributed by atoms with Crippen LogP contribution in [0, 0.1) is 0 Å². The molecule has 0 amide bonds. The molecule has 0 saturated carbocycles. The van der Waals surface area contributed by atoms with E-state index in [0.29, 0.717) is 24.7 Å². The Labute approximate surface area is 92.8 Å². The van der Waals surface area contributed by atoms with E-state index in [0.717, 1.165) is 5.75 Å². The summed E-state index contributed by atoms with van der Waals surface area (Å²) in [5.41, 5.74) is 10.4. The molecule has 1 aromatic rings. The fourth-order valence-electron chi connectivity index (χ4n) is 1.30. The quantitative estimate of drug-likeness (QED) is 0.428. The standard InChI is InChI=1S/C10H13N3O3/c11-10(12)13-3-4-14-7-1-2-8-9(5-7)16-6-15-8/h1-2,5H,3-4,6H2,(H4,11,12,13). The van der Waals surface area contributed by atoms with E-state index in [1.165, 1.54) is 0 Å². The Morgan fingerprint density at radius 2 is 2.12 bits per heavy atom. The summed E-state index contributed by atoms with van der Waals surface area (Å²) in [5.74, 6) is 2.19. The van der Waals surface area contributed by atoms with Crippen molar-refractivity contribution in [3.8, 4) is 17.2 Å². The Kier molecular flexibility index (Phi) is 3.00. The number of benzene rings is 1. The summed E-state index contributed by atoms with van der Waals surface area (Å²) in [7, 11) is 0. The highest BCUT2D eigenvalue weighted by atomic mass is 16.7. The van der Waals surface area contributed by atoms with Crippen molar-refractivity contribution in [3.05, 3.63) is 18.2 Å². The van der Waals surface area contributed by atoms with Crippen molar-refractivity contribution >= 4 is 5.96 Å². The largest absolute Gasteiger partial charge is 0.492 e. The molecule has 6 nitrogen and oxygen atoms in total. The zero-order valence-electron chi connectivity index (χ0n) is 8.68. The molecular formula is C10H13N3O3. The van der Waals surface area contributed by atoms with E-state index in [4.69, 9.17) is 25.7 Å². The van der Waals surface area contributed by atoms with Gasteiger partial charge in [-0.15, -0.1) is 0 Å². The van der Waals surface area contributed by atoms with Crippen LogP contribution in [0.1, 0.15) is 0 Å². The van der Waals surface area contributed by atoms with E-state index in [1.54, 1.807) is 12.1 Å². The highest BCUT2D eigenvalue weighted by Crippen LogP contribution is 2.34. The molecule has 0 radical (unpaired) electrons. The first-order valence-corrected chi connectivity index (χ1v) is 4.83. The van der Waals surface area contributed by atoms with Crippen LogP contribution in [0.2, 0.25) is 0 Å². The highest BCUT2D eigenvalue weighted by molar-refractivity contribution is 5.75.